The number of urea groups is 1. The molecule has 1 atom stereocenters. The summed E-state index contributed by atoms with van der Waals surface area (Å²) in [5.41, 5.74) is 3.06. The number of hydrogen-bond acceptors (Lipinski definition) is 2. The van der Waals surface area contributed by atoms with Gasteiger partial charge in [-0.2, -0.15) is 0 Å². The molecule has 6 heteroatoms. The third-order valence-corrected chi connectivity index (χ3v) is 4.73. The van der Waals surface area contributed by atoms with Crippen LogP contribution in [0.1, 0.15) is 22.7 Å². The molecular weight excluding hydrogens is 386 g/mol. The summed E-state index contributed by atoms with van der Waals surface area (Å²) in [6.45, 7) is 0.474. The highest BCUT2D eigenvalue weighted by Gasteiger charge is 2.19. The standard InChI is InChI=1S/C23H22ClN3O2/c24-20-13-11-19(12-14-20)22(18-9-5-2-6-10-18)25-16-21(28)27-23(29)26-15-17-7-3-1-4-8-17/h1-14,22,25H,15-16H2,(H2,26,27,28,29)/p+1/t22-/m0/s1. The van der Waals surface area contributed by atoms with Crippen molar-refractivity contribution in [3.05, 3.63) is 107 Å². The molecule has 3 amide bonds. The first-order valence-corrected chi connectivity index (χ1v) is 9.75. The van der Waals surface area contributed by atoms with Crippen LogP contribution in [0.5, 0.6) is 0 Å². The first-order valence-electron chi connectivity index (χ1n) is 9.37. The van der Waals surface area contributed by atoms with Crippen LogP contribution in [-0.2, 0) is 11.3 Å². The molecule has 29 heavy (non-hydrogen) atoms. The van der Waals surface area contributed by atoms with Gasteiger partial charge in [0.2, 0.25) is 0 Å². The van der Waals surface area contributed by atoms with Crippen molar-refractivity contribution in [2.24, 2.45) is 0 Å². The molecule has 0 radical (unpaired) electrons. The Morgan fingerprint density at radius 3 is 2.07 bits per heavy atom. The topological polar surface area (TPSA) is 74.8 Å². The Bertz CT molecular complexity index is 931. The number of quaternary nitrogens is 1. The van der Waals surface area contributed by atoms with E-state index in [1.165, 1.54) is 0 Å². The lowest BCUT2D eigenvalue weighted by Gasteiger charge is -2.16. The van der Waals surface area contributed by atoms with Gasteiger partial charge in [0.15, 0.2) is 6.54 Å². The summed E-state index contributed by atoms with van der Waals surface area (Å²) in [7, 11) is 0. The Morgan fingerprint density at radius 1 is 0.828 bits per heavy atom. The lowest BCUT2D eigenvalue weighted by Crippen LogP contribution is -2.88. The number of carbonyl (C=O) groups is 2. The Kier molecular flexibility index (Phi) is 7.39. The van der Waals surface area contributed by atoms with E-state index in [1.807, 2.05) is 90.2 Å². The van der Waals surface area contributed by atoms with Gasteiger partial charge in [0.25, 0.3) is 5.91 Å². The summed E-state index contributed by atoms with van der Waals surface area (Å²) in [5.74, 6) is -0.356. The summed E-state index contributed by atoms with van der Waals surface area (Å²) >= 11 is 6.00. The second-order valence-electron chi connectivity index (χ2n) is 6.60. The second-order valence-corrected chi connectivity index (χ2v) is 7.03. The van der Waals surface area contributed by atoms with E-state index in [0.29, 0.717) is 11.6 Å². The highest BCUT2D eigenvalue weighted by atomic mass is 35.5. The van der Waals surface area contributed by atoms with Crippen molar-refractivity contribution in [3.8, 4) is 0 Å². The predicted octanol–water partition coefficient (Wildman–Crippen LogP) is 3.02. The van der Waals surface area contributed by atoms with E-state index in [4.69, 9.17) is 11.6 Å². The number of nitrogens with two attached hydrogens (primary N) is 1. The maximum Gasteiger partial charge on any atom is 0.321 e. The zero-order valence-electron chi connectivity index (χ0n) is 15.8. The van der Waals surface area contributed by atoms with E-state index in [0.717, 1.165) is 16.7 Å². The fourth-order valence-electron chi connectivity index (χ4n) is 3.02. The van der Waals surface area contributed by atoms with E-state index < -0.39 is 6.03 Å². The number of halogens is 1. The molecule has 0 aliphatic heterocycles. The van der Waals surface area contributed by atoms with Crippen LogP contribution >= 0.6 is 11.6 Å². The van der Waals surface area contributed by atoms with Crippen LogP contribution in [0.2, 0.25) is 5.02 Å². The molecule has 0 saturated heterocycles. The van der Waals surface area contributed by atoms with Gasteiger partial charge < -0.3 is 10.6 Å². The quantitative estimate of drug-likeness (QED) is 0.562. The van der Waals surface area contributed by atoms with Crippen molar-refractivity contribution in [1.82, 2.24) is 10.6 Å². The largest absolute Gasteiger partial charge is 0.334 e. The SMILES string of the molecule is O=C(C[NH2+][C@@H](c1ccccc1)c1ccc(Cl)cc1)NC(=O)NCc1ccccc1. The van der Waals surface area contributed by atoms with Crippen LogP contribution < -0.4 is 16.0 Å². The highest BCUT2D eigenvalue weighted by Crippen LogP contribution is 2.20. The van der Waals surface area contributed by atoms with Crippen molar-refractivity contribution in [3.63, 3.8) is 0 Å². The van der Waals surface area contributed by atoms with E-state index in [-0.39, 0.29) is 18.5 Å². The van der Waals surface area contributed by atoms with E-state index in [1.54, 1.807) is 0 Å². The van der Waals surface area contributed by atoms with Crippen LogP contribution in [0.15, 0.2) is 84.9 Å². The first-order chi connectivity index (χ1) is 14.1. The molecule has 0 aromatic heterocycles. The number of imide groups is 1. The lowest BCUT2D eigenvalue weighted by molar-refractivity contribution is -0.676. The molecule has 0 aliphatic rings. The zero-order valence-corrected chi connectivity index (χ0v) is 16.6. The molecule has 3 rings (SSSR count). The molecule has 0 heterocycles. The van der Waals surface area contributed by atoms with Gasteiger partial charge in [-0.1, -0.05) is 84.4 Å². The zero-order chi connectivity index (χ0) is 20.5. The molecule has 0 saturated carbocycles. The minimum atomic E-state index is -0.505. The van der Waals surface area contributed by atoms with Gasteiger partial charge in [-0.05, 0) is 17.7 Å². The fraction of sp³-hybridized carbons (Fsp3) is 0.130. The Morgan fingerprint density at radius 2 is 1.41 bits per heavy atom. The maximum atomic E-state index is 12.3. The van der Waals surface area contributed by atoms with Crippen molar-refractivity contribution in [2.45, 2.75) is 12.6 Å². The number of amides is 3. The summed E-state index contributed by atoms with van der Waals surface area (Å²) in [6, 6.07) is 26.4. The summed E-state index contributed by atoms with van der Waals surface area (Å²) in [6.07, 6.45) is 0. The van der Waals surface area contributed by atoms with Gasteiger partial charge >= 0.3 is 6.03 Å². The minimum absolute atomic E-state index is 0.0772. The Balaban J connectivity index is 1.56. The van der Waals surface area contributed by atoms with Crippen molar-refractivity contribution in [2.75, 3.05) is 6.54 Å². The molecule has 0 fully saturated rings. The van der Waals surface area contributed by atoms with Gasteiger partial charge in [-0.15, -0.1) is 0 Å². The van der Waals surface area contributed by atoms with Crippen LogP contribution in [0, 0.1) is 0 Å². The number of nitrogens with one attached hydrogen (secondary N) is 2. The molecular formula is C23H23ClN3O2+. The second kappa shape index (κ2) is 10.4. The minimum Gasteiger partial charge on any atom is -0.334 e. The summed E-state index contributed by atoms with van der Waals surface area (Å²) in [4.78, 5) is 24.2. The van der Waals surface area contributed by atoms with E-state index >= 15 is 0 Å². The molecule has 4 N–H and O–H groups in total. The Hall–Kier alpha value is -3.15. The first kappa shape index (κ1) is 20.6. The smallest absolute Gasteiger partial charge is 0.321 e. The van der Waals surface area contributed by atoms with Crippen molar-refractivity contribution < 1.29 is 14.9 Å². The van der Waals surface area contributed by atoms with Gasteiger partial charge in [0.05, 0.1) is 0 Å². The van der Waals surface area contributed by atoms with Crippen LogP contribution in [-0.4, -0.2) is 18.5 Å². The van der Waals surface area contributed by atoms with Gasteiger partial charge in [0.1, 0.15) is 6.04 Å². The molecule has 3 aromatic carbocycles. The summed E-state index contributed by atoms with van der Waals surface area (Å²) < 4.78 is 0. The molecule has 0 unspecified atom stereocenters. The predicted molar refractivity (Wildman–Crippen MR) is 113 cm³/mol. The molecule has 5 nitrogen and oxygen atoms in total. The number of rotatable bonds is 7. The van der Waals surface area contributed by atoms with Crippen molar-refractivity contribution in [1.29, 1.82) is 0 Å². The van der Waals surface area contributed by atoms with Gasteiger partial charge in [-0.3, -0.25) is 10.1 Å². The van der Waals surface area contributed by atoms with Gasteiger partial charge in [0, 0.05) is 22.7 Å². The molecule has 3 aromatic rings. The third kappa shape index (κ3) is 6.45. The summed E-state index contributed by atoms with van der Waals surface area (Å²) in [5, 5.41) is 7.63. The fourth-order valence-corrected chi connectivity index (χ4v) is 3.15. The van der Waals surface area contributed by atoms with Gasteiger partial charge in [-0.25, -0.2) is 4.79 Å². The molecule has 0 bridgehead atoms. The maximum absolute atomic E-state index is 12.3. The average molecular weight is 409 g/mol. The number of benzene rings is 3. The average Bonchev–Trinajstić information content (AvgIpc) is 2.75. The van der Waals surface area contributed by atoms with E-state index in [9.17, 15) is 9.59 Å². The normalized spacial score (nSPS) is 11.5. The Labute approximate surface area is 175 Å². The monoisotopic (exact) mass is 408 g/mol. The van der Waals surface area contributed by atoms with Crippen LogP contribution in [0.4, 0.5) is 4.79 Å². The molecule has 0 aliphatic carbocycles. The van der Waals surface area contributed by atoms with Crippen molar-refractivity contribution >= 4 is 23.5 Å². The van der Waals surface area contributed by atoms with Crippen LogP contribution in [0.25, 0.3) is 0 Å². The third-order valence-electron chi connectivity index (χ3n) is 4.48. The molecule has 0 spiro atoms. The highest BCUT2D eigenvalue weighted by molar-refractivity contribution is 6.30. The molecule has 148 valence electrons. The number of hydrogen-bond donors (Lipinski definition) is 3. The lowest BCUT2D eigenvalue weighted by atomic mass is 9.99. The van der Waals surface area contributed by atoms with Crippen LogP contribution in [0.3, 0.4) is 0 Å². The number of carbonyl (C=O) groups excluding carboxylic acids is 2. The van der Waals surface area contributed by atoms with E-state index in [2.05, 4.69) is 10.6 Å².